The Morgan fingerprint density at radius 2 is 2.24 bits per heavy atom. The molecule has 1 aromatic carbocycles. The summed E-state index contributed by atoms with van der Waals surface area (Å²) in [5.74, 6) is 0.386. The minimum Gasteiger partial charge on any atom is -0.299 e. The summed E-state index contributed by atoms with van der Waals surface area (Å²) in [6, 6.07) is 6.63. The van der Waals surface area contributed by atoms with Gasteiger partial charge in [0.1, 0.15) is 5.78 Å². The summed E-state index contributed by atoms with van der Waals surface area (Å²) in [5.41, 5.74) is 0.665. The van der Waals surface area contributed by atoms with Crippen molar-refractivity contribution in [1.82, 2.24) is 0 Å². The maximum Gasteiger partial charge on any atom is 0.269 e. The molecule has 0 heterocycles. The van der Waals surface area contributed by atoms with Gasteiger partial charge < -0.3 is 0 Å². The summed E-state index contributed by atoms with van der Waals surface area (Å²) in [7, 11) is 0. The predicted molar refractivity (Wildman–Crippen MR) is 63.9 cm³/mol. The number of rotatable bonds is 3. The van der Waals surface area contributed by atoms with E-state index < -0.39 is 4.92 Å². The molecule has 0 aliphatic heterocycles. The van der Waals surface area contributed by atoms with Crippen LogP contribution in [-0.2, 0) is 4.79 Å². The highest BCUT2D eigenvalue weighted by molar-refractivity contribution is 5.93. The number of non-ortho nitro benzene ring substituents is 1. The topological polar surface area (TPSA) is 60.2 Å². The molecule has 17 heavy (non-hydrogen) atoms. The first-order chi connectivity index (χ1) is 7.99. The molecule has 0 aromatic heterocycles. The minimum atomic E-state index is -0.396. The molecule has 2 rings (SSSR count). The van der Waals surface area contributed by atoms with Gasteiger partial charge in [0.05, 0.1) is 4.92 Å². The number of nitro groups is 1. The summed E-state index contributed by atoms with van der Waals surface area (Å²) in [5, 5.41) is 10.7. The summed E-state index contributed by atoms with van der Waals surface area (Å²) >= 11 is 0. The van der Waals surface area contributed by atoms with Crippen LogP contribution in [-0.4, -0.2) is 10.7 Å². The van der Waals surface area contributed by atoms with Crippen LogP contribution in [0.4, 0.5) is 5.69 Å². The van der Waals surface area contributed by atoms with E-state index in [9.17, 15) is 14.9 Å². The monoisotopic (exact) mass is 233 g/mol. The van der Waals surface area contributed by atoms with E-state index in [2.05, 4.69) is 0 Å². The molecule has 1 aliphatic rings. The first-order valence-electron chi connectivity index (χ1n) is 5.76. The molecule has 0 bridgehead atoms. The van der Waals surface area contributed by atoms with Gasteiger partial charge in [0, 0.05) is 29.9 Å². The van der Waals surface area contributed by atoms with Crippen molar-refractivity contribution in [3.63, 3.8) is 0 Å². The second-order valence-electron chi connectivity index (χ2n) is 4.80. The van der Waals surface area contributed by atoms with Gasteiger partial charge in [0.25, 0.3) is 5.69 Å². The zero-order valence-corrected chi connectivity index (χ0v) is 9.97. The summed E-state index contributed by atoms with van der Waals surface area (Å²) in [4.78, 5) is 22.0. The third kappa shape index (κ3) is 1.73. The van der Waals surface area contributed by atoms with Crippen LogP contribution in [0.3, 0.4) is 0 Å². The largest absolute Gasteiger partial charge is 0.299 e. The van der Waals surface area contributed by atoms with Crippen molar-refractivity contribution in [2.24, 2.45) is 5.41 Å². The van der Waals surface area contributed by atoms with Crippen LogP contribution in [0.25, 0.3) is 0 Å². The van der Waals surface area contributed by atoms with Crippen LogP contribution in [0.1, 0.15) is 38.2 Å². The first kappa shape index (κ1) is 11.8. The lowest BCUT2D eigenvalue weighted by Gasteiger charge is -2.45. The van der Waals surface area contributed by atoms with Gasteiger partial charge >= 0.3 is 0 Å². The molecule has 0 amide bonds. The number of ketones is 1. The normalized spacial score (nSPS) is 27.6. The van der Waals surface area contributed by atoms with Gasteiger partial charge in [-0.25, -0.2) is 0 Å². The minimum absolute atomic E-state index is 0.0975. The zero-order chi connectivity index (χ0) is 12.6. The van der Waals surface area contributed by atoms with Gasteiger partial charge in [0.2, 0.25) is 0 Å². The van der Waals surface area contributed by atoms with Crippen molar-refractivity contribution in [1.29, 1.82) is 0 Å². The Morgan fingerprint density at radius 3 is 2.76 bits per heavy atom. The molecular formula is C13H15NO3. The van der Waals surface area contributed by atoms with E-state index in [0.717, 1.165) is 12.0 Å². The number of carbonyl (C=O) groups excluding carboxylic acids is 1. The second kappa shape index (κ2) is 3.95. The van der Waals surface area contributed by atoms with Crippen LogP contribution < -0.4 is 0 Å². The van der Waals surface area contributed by atoms with E-state index >= 15 is 0 Å². The lowest BCUT2D eigenvalue weighted by Crippen LogP contribution is -2.45. The Kier molecular flexibility index (Phi) is 2.73. The van der Waals surface area contributed by atoms with Crippen molar-refractivity contribution in [2.75, 3.05) is 0 Å². The fourth-order valence-electron chi connectivity index (χ4n) is 2.49. The van der Waals surface area contributed by atoms with Gasteiger partial charge in [-0.2, -0.15) is 0 Å². The molecule has 1 aromatic rings. The molecule has 1 saturated carbocycles. The number of Topliss-reactive ketones (excluding diaryl/α,β-unsaturated/α-hetero) is 1. The molecular weight excluding hydrogens is 218 g/mol. The number of nitro benzene ring substituents is 1. The molecule has 4 nitrogen and oxygen atoms in total. The average Bonchev–Trinajstić information content (AvgIpc) is 2.34. The lowest BCUT2D eigenvalue weighted by atomic mass is 9.56. The number of nitrogens with zero attached hydrogens (tertiary/aromatic N) is 1. The molecule has 2 atom stereocenters. The van der Waals surface area contributed by atoms with Crippen LogP contribution in [0.5, 0.6) is 0 Å². The van der Waals surface area contributed by atoms with Crippen molar-refractivity contribution < 1.29 is 9.72 Å². The molecule has 1 aliphatic carbocycles. The van der Waals surface area contributed by atoms with Crippen LogP contribution in [0.15, 0.2) is 24.3 Å². The highest BCUT2D eigenvalue weighted by atomic mass is 16.6. The molecule has 4 heteroatoms. The Balaban J connectivity index is 2.33. The first-order valence-corrected chi connectivity index (χ1v) is 5.76. The summed E-state index contributed by atoms with van der Waals surface area (Å²) < 4.78 is 0. The smallest absolute Gasteiger partial charge is 0.269 e. The quantitative estimate of drug-likeness (QED) is 0.595. The van der Waals surface area contributed by atoms with Crippen molar-refractivity contribution >= 4 is 11.5 Å². The van der Waals surface area contributed by atoms with E-state index in [-0.39, 0.29) is 22.8 Å². The highest BCUT2D eigenvalue weighted by Gasteiger charge is 2.50. The molecule has 0 saturated heterocycles. The summed E-state index contributed by atoms with van der Waals surface area (Å²) in [6.07, 6.45) is 1.28. The van der Waals surface area contributed by atoms with E-state index in [1.807, 2.05) is 19.9 Å². The van der Waals surface area contributed by atoms with E-state index in [1.54, 1.807) is 12.1 Å². The van der Waals surface area contributed by atoms with Crippen LogP contribution in [0.2, 0.25) is 0 Å². The fraction of sp³-hybridized carbons (Fsp3) is 0.462. The molecule has 0 spiro atoms. The predicted octanol–water partition coefficient (Wildman–Crippen LogP) is 3.07. The van der Waals surface area contributed by atoms with Crippen molar-refractivity contribution in [3.05, 3.63) is 39.9 Å². The zero-order valence-electron chi connectivity index (χ0n) is 9.97. The molecule has 90 valence electrons. The SMILES string of the molecule is CCC1(C)C(=O)CC1c1cccc([N+](=O)[O-])c1. The van der Waals surface area contributed by atoms with Gasteiger partial charge in [-0.1, -0.05) is 26.0 Å². The standard InChI is InChI=1S/C13H15NO3/c1-3-13(2)11(8-12(13)15)9-5-4-6-10(7-9)14(16)17/h4-7,11H,3,8H2,1-2H3. The van der Waals surface area contributed by atoms with E-state index in [1.165, 1.54) is 6.07 Å². The Morgan fingerprint density at radius 1 is 1.53 bits per heavy atom. The van der Waals surface area contributed by atoms with Gasteiger partial charge in [-0.05, 0) is 12.0 Å². The number of benzene rings is 1. The molecule has 0 radical (unpaired) electrons. The van der Waals surface area contributed by atoms with E-state index in [4.69, 9.17) is 0 Å². The molecule has 1 fully saturated rings. The number of hydrogen-bond donors (Lipinski definition) is 0. The summed E-state index contributed by atoms with van der Waals surface area (Å²) in [6.45, 7) is 3.93. The van der Waals surface area contributed by atoms with Crippen LogP contribution >= 0.6 is 0 Å². The maximum absolute atomic E-state index is 11.7. The lowest BCUT2D eigenvalue weighted by molar-refractivity contribution is -0.385. The Labute approximate surface area is 99.8 Å². The van der Waals surface area contributed by atoms with Gasteiger partial charge in [-0.15, -0.1) is 0 Å². The van der Waals surface area contributed by atoms with Gasteiger partial charge in [-0.3, -0.25) is 14.9 Å². The maximum atomic E-state index is 11.7. The second-order valence-corrected chi connectivity index (χ2v) is 4.80. The van der Waals surface area contributed by atoms with E-state index in [0.29, 0.717) is 6.42 Å². The molecule has 2 unspecified atom stereocenters. The number of carbonyl (C=O) groups is 1. The third-order valence-corrected chi connectivity index (χ3v) is 4.01. The Hall–Kier alpha value is -1.71. The average molecular weight is 233 g/mol. The van der Waals surface area contributed by atoms with Gasteiger partial charge in [0.15, 0.2) is 0 Å². The Bertz CT molecular complexity index is 483. The van der Waals surface area contributed by atoms with Crippen molar-refractivity contribution in [3.8, 4) is 0 Å². The fourth-order valence-corrected chi connectivity index (χ4v) is 2.49. The van der Waals surface area contributed by atoms with Crippen LogP contribution in [0, 0.1) is 15.5 Å². The molecule has 0 N–H and O–H groups in total. The number of hydrogen-bond acceptors (Lipinski definition) is 3. The third-order valence-electron chi connectivity index (χ3n) is 4.01. The van der Waals surface area contributed by atoms with Crippen molar-refractivity contribution in [2.45, 2.75) is 32.6 Å². The highest BCUT2D eigenvalue weighted by Crippen LogP contribution is 2.52.